The van der Waals surface area contributed by atoms with Crippen LogP contribution in [0.3, 0.4) is 0 Å². The van der Waals surface area contributed by atoms with Gasteiger partial charge >= 0.3 is 0 Å². The molecule has 2 rings (SSSR count). The lowest BCUT2D eigenvalue weighted by Crippen LogP contribution is -2.09. The van der Waals surface area contributed by atoms with Gasteiger partial charge in [0.05, 0.1) is 19.7 Å². The van der Waals surface area contributed by atoms with E-state index in [4.69, 9.17) is 11.2 Å². The zero-order valence-electron chi connectivity index (χ0n) is 5.77. The van der Waals surface area contributed by atoms with Crippen LogP contribution in [0.4, 0.5) is 0 Å². The molecule has 12 heavy (non-hydrogen) atoms. The Hall–Kier alpha value is -1.00. The van der Waals surface area contributed by atoms with E-state index in [-0.39, 0.29) is 0 Å². The van der Waals surface area contributed by atoms with E-state index in [1.54, 1.807) is 12.4 Å². The fourth-order valence-corrected chi connectivity index (χ4v) is 2.00. The van der Waals surface area contributed by atoms with Gasteiger partial charge in [-0.25, -0.2) is 0 Å². The molecule has 2 N–H and O–H groups in total. The lowest BCUT2D eigenvalue weighted by atomic mass is 10.9. The third kappa shape index (κ3) is 1.31. The van der Waals surface area contributed by atoms with E-state index in [1.807, 2.05) is 0 Å². The van der Waals surface area contributed by atoms with Gasteiger partial charge in [0.25, 0.3) is 0 Å². The van der Waals surface area contributed by atoms with Gasteiger partial charge in [-0.15, -0.1) is 0 Å². The summed E-state index contributed by atoms with van der Waals surface area (Å²) < 4.78 is 0. The highest BCUT2D eigenvalue weighted by atomic mass is 35.7. The van der Waals surface area contributed by atoms with Crippen molar-refractivity contribution in [2.24, 2.45) is 0 Å². The molecule has 0 amide bonds. The summed E-state index contributed by atoms with van der Waals surface area (Å²) in [6.45, 7) is 0. The molecular formula is C4H4ClN6P. The minimum atomic E-state index is -1.03. The molecule has 0 aliphatic heterocycles. The average molecular weight is 203 g/mol. The number of nitrogens with one attached hydrogen (secondary N) is 2. The Morgan fingerprint density at radius 3 is 1.92 bits per heavy atom. The standard InChI is InChI=1S/C4H4ClN6P/c5-12(3-1-6-10-8-3)4-2-7-11-9-4/h1-2H,(H,6,8,10)(H,7,9,11). The largest absolute Gasteiger partial charge is 0.197 e. The number of nitrogens with zero attached hydrogens (tertiary/aromatic N) is 4. The van der Waals surface area contributed by atoms with E-state index in [9.17, 15) is 0 Å². The van der Waals surface area contributed by atoms with Gasteiger partial charge in [0.1, 0.15) is 10.9 Å². The molecule has 0 saturated heterocycles. The van der Waals surface area contributed by atoms with E-state index in [0.717, 1.165) is 0 Å². The summed E-state index contributed by atoms with van der Waals surface area (Å²) in [7, 11) is -1.03. The van der Waals surface area contributed by atoms with Gasteiger partial charge in [0.15, 0.2) is 0 Å². The van der Waals surface area contributed by atoms with Crippen molar-refractivity contribution < 1.29 is 0 Å². The molecule has 0 radical (unpaired) electrons. The maximum absolute atomic E-state index is 6.03. The Labute approximate surface area is 73.3 Å². The summed E-state index contributed by atoms with van der Waals surface area (Å²) in [5.74, 6) is 0. The molecule has 2 heterocycles. The Bertz CT molecular complexity index is 296. The van der Waals surface area contributed by atoms with Crippen LogP contribution in [0, 0.1) is 0 Å². The second-order valence-electron chi connectivity index (χ2n) is 1.94. The summed E-state index contributed by atoms with van der Waals surface area (Å²) in [5.41, 5.74) is 1.39. The van der Waals surface area contributed by atoms with Crippen LogP contribution in [0.5, 0.6) is 0 Å². The van der Waals surface area contributed by atoms with E-state index in [0.29, 0.717) is 10.9 Å². The number of halogens is 1. The Morgan fingerprint density at radius 1 is 1.08 bits per heavy atom. The molecule has 8 heteroatoms. The second-order valence-corrected chi connectivity index (χ2v) is 4.43. The minimum absolute atomic E-state index is 0.695. The van der Waals surface area contributed by atoms with Crippen LogP contribution < -0.4 is 10.9 Å². The second kappa shape index (κ2) is 3.16. The average Bonchev–Trinajstić information content (AvgIpc) is 2.77. The van der Waals surface area contributed by atoms with Crippen LogP contribution in [-0.2, 0) is 0 Å². The number of aromatic amines is 2. The van der Waals surface area contributed by atoms with Crippen molar-refractivity contribution in [2.75, 3.05) is 0 Å². The lowest BCUT2D eigenvalue weighted by Gasteiger charge is -1.97. The Morgan fingerprint density at radius 2 is 1.58 bits per heavy atom. The van der Waals surface area contributed by atoms with Crippen molar-refractivity contribution in [3.63, 3.8) is 0 Å². The van der Waals surface area contributed by atoms with Crippen molar-refractivity contribution in [1.29, 1.82) is 0 Å². The topological polar surface area (TPSA) is 83.1 Å². The van der Waals surface area contributed by atoms with E-state index >= 15 is 0 Å². The van der Waals surface area contributed by atoms with Crippen molar-refractivity contribution >= 4 is 29.4 Å². The summed E-state index contributed by atoms with van der Waals surface area (Å²) in [4.78, 5) is 0. The van der Waals surface area contributed by atoms with Gasteiger partial charge in [-0.05, 0) is 0 Å². The zero-order valence-corrected chi connectivity index (χ0v) is 7.42. The Kier molecular flexibility index (Phi) is 2.01. The van der Waals surface area contributed by atoms with Gasteiger partial charge in [0.2, 0.25) is 0 Å². The third-order valence-corrected chi connectivity index (χ3v) is 3.48. The molecule has 0 bridgehead atoms. The van der Waals surface area contributed by atoms with Crippen LogP contribution in [0.25, 0.3) is 0 Å². The first kappa shape index (κ1) is 7.64. The molecule has 0 saturated carbocycles. The van der Waals surface area contributed by atoms with Crippen LogP contribution in [-0.4, -0.2) is 30.8 Å². The normalized spacial score (nSPS) is 10.8. The molecule has 0 aliphatic carbocycles. The van der Waals surface area contributed by atoms with Gasteiger partial charge in [-0.2, -0.15) is 30.8 Å². The van der Waals surface area contributed by atoms with Crippen LogP contribution in [0.2, 0.25) is 0 Å². The first-order chi connectivity index (χ1) is 5.88. The summed E-state index contributed by atoms with van der Waals surface area (Å²) >= 11 is 6.03. The summed E-state index contributed by atoms with van der Waals surface area (Å²) in [6.07, 6.45) is 3.15. The van der Waals surface area contributed by atoms with E-state index in [2.05, 4.69) is 30.8 Å². The fourth-order valence-electron chi connectivity index (χ4n) is 0.698. The zero-order chi connectivity index (χ0) is 8.39. The highest BCUT2D eigenvalue weighted by Crippen LogP contribution is 2.36. The van der Waals surface area contributed by atoms with Gasteiger partial charge in [-0.1, -0.05) is 11.2 Å². The van der Waals surface area contributed by atoms with Gasteiger partial charge in [-0.3, -0.25) is 0 Å². The SMILES string of the molecule is ClP(c1cn[nH]n1)c1cn[nH]n1. The fraction of sp³-hybridized carbons (Fsp3) is 0. The van der Waals surface area contributed by atoms with Crippen LogP contribution >= 0.6 is 18.5 Å². The smallest absolute Gasteiger partial charge is 0.127 e. The van der Waals surface area contributed by atoms with E-state index < -0.39 is 7.27 Å². The molecule has 0 atom stereocenters. The number of H-pyrrole nitrogens is 2. The molecule has 2 aromatic heterocycles. The highest BCUT2D eigenvalue weighted by molar-refractivity contribution is 7.95. The number of aromatic nitrogens is 6. The predicted molar refractivity (Wildman–Crippen MR) is 44.8 cm³/mol. The molecule has 0 unspecified atom stereocenters. The molecule has 0 aliphatic rings. The molecular weight excluding hydrogens is 199 g/mol. The first-order valence-corrected chi connectivity index (χ1v) is 5.30. The summed E-state index contributed by atoms with van der Waals surface area (Å²) in [6, 6.07) is 0. The van der Waals surface area contributed by atoms with Crippen LogP contribution in [0.1, 0.15) is 0 Å². The molecule has 62 valence electrons. The maximum atomic E-state index is 6.03. The lowest BCUT2D eigenvalue weighted by molar-refractivity contribution is 0.945. The van der Waals surface area contributed by atoms with E-state index in [1.165, 1.54) is 0 Å². The summed E-state index contributed by atoms with van der Waals surface area (Å²) in [5, 5.41) is 20.0. The molecule has 2 aromatic rings. The third-order valence-electron chi connectivity index (χ3n) is 1.21. The minimum Gasteiger partial charge on any atom is -0.197 e. The van der Waals surface area contributed by atoms with Gasteiger partial charge in [0, 0.05) is 0 Å². The predicted octanol–water partition coefficient (Wildman–Crippen LogP) is -0.491. The Balaban J connectivity index is 2.27. The van der Waals surface area contributed by atoms with Crippen molar-refractivity contribution in [1.82, 2.24) is 30.8 Å². The number of hydrogen-bond donors (Lipinski definition) is 2. The molecule has 0 aromatic carbocycles. The van der Waals surface area contributed by atoms with Gasteiger partial charge < -0.3 is 0 Å². The monoisotopic (exact) mass is 202 g/mol. The van der Waals surface area contributed by atoms with Crippen molar-refractivity contribution in [2.45, 2.75) is 0 Å². The maximum Gasteiger partial charge on any atom is 0.127 e. The number of rotatable bonds is 2. The molecule has 0 spiro atoms. The van der Waals surface area contributed by atoms with Crippen LogP contribution in [0.15, 0.2) is 12.4 Å². The highest BCUT2D eigenvalue weighted by Gasteiger charge is 2.15. The van der Waals surface area contributed by atoms with Crippen molar-refractivity contribution in [3.8, 4) is 0 Å². The quantitative estimate of drug-likeness (QED) is 0.644. The molecule has 6 nitrogen and oxygen atoms in total. The first-order valence-electron chi connectivity index (χ1n) is 3.05. The van der Waals surface area contributed by atoms with Crippen molar-refractivity contribution in [3.05, 3.63) is 12.4 Å². The molecule has 0 fully saturated rings. The number of hydrogen-bond acceptors (Lipinski definition) is 4.